The lowest BCUT2D eigenvalue weighted by atomic mass is 10.1. The summed E-state index contributed by atoms with van der Waals surface area (Å²) in [5, 5.41) is 9.87. The first-order valence-corrected chi connectivity index (χ1v) is 8.06. The summed E-state index contributed by atoms with van der Waals surface area (Å²) in [7, 11) is 1.87. The molecule has 3 aromatic rings. The Morgan fingerprint density at radius 3 is 2.64 bits per heavy atom. The summed E-state index contributed by atoms with van der Waals surface area (Å²) < 4.78 is 1.75. The zero-order chi connectivity index (χ0) is 17.8. The van der Waals surface area contributed by atoms with Crippen LogP contribution in [0.5, 0.6) is 0 Å². The maximum atomic E-state index is 12.1. The van der Waals surface area contributed by atoms with Crippen LogP contribution < -0.4 is 10.6 Å². The van der Waals surface area contributed by atoms with Gasteiger partial charge in [-0.25, -0.2) is 4.79 Å². The van der Waals surface area contributed by atoms with E-state index in [1.54, 1.807) is 23.3 Å². The third-order valence-corrected chi connectivity index (χ3v) is 4.05. The van der Waals surface area contributed by atoms with Crippen molar-refractivity contribution < 1.29 is 4.79 Å². The fourth-order valence-electron chi connectivity index (χ4n) is 2.49. The summed E-state index contributed by atoms with van der Waals surface area (Å²) in [6, 6.07) is 7.61. The fraction of sp³-hybridized carbons (Fsp3) is 0.211. The molecule has 0 saturated carbocycles. The Kier molecular flexibility index (Phi) is 4.79. The summed E-state index contributed by atoms with van der Waals surface area (Å²) in [6.45, 7) is 4.47. The monoisotopic (exact) mass is 335 g/mol. The summed E-state index contributed by atoms with van der Waals surface area (Å²) in [6.07, 6.45) is 7.26. The molecule has 25 heavy (non-hydrogen) atoms. The molecule has 2 heterocycles. The van der Waals surface area contributed by atoms with Gasteiger partial charge >= 0.3 is 6.03 Å². The van der Waals surface area contributed by atoms with Gasteiger partial charge < -0.3 is 10.6 Å². The largest absolute Gasteiger partial charge is 0.334 e. The molecule has 2 aromatic heterocycles. The van der Waals surface area contributed by atoms with Gasteiger partial charge in [-0.1, -0.05) is 6.07 Å². The summed E-state index contributed by atoms with van der Waals surface area (Å²) >= 11 is 0. The second kappa shape index (κ2) is 7.17. The van der Waals surface area contributed by atoms with Crippen molar-refractivity contribution in [3.63, 3.8) is 0 Å². The minimum atomic E-state index is -0.241. The predicted octanol–water partition coefficient (Wildman–Crippen LogP) is 3.42. The van der Waals surface area contributed by atoms with E-state index in [0.717, 1.165) is 27.9 Å². The minimum Gasteiger partial charge on any atom is -0.334 e. The number of hydrogen-bond donors (Lipinski definition) is 2. The first-order valence-electron chi connectivity index (χ1n) is 8.06. The molecule has 0 aliphatic heterocycles. The molecule has 0 aliphatic rings. The molecule has 0 radical (unpaired) electrons. The number of aryl methyl sites for hydroxylation is 3. The van der Waals surface area contributed by atoms with E-state index in [2.05, 4.69) is 20.7 Å². The van der Waals surface area contributed by atoms with Crippen LogP contribution in [0.1, 0.15) is 16.7 Å². The number of amides is 2. The lowest BCUT2D eigenvalue weighted by Crippen LogP contribution is -2.28. The quantitative estimate of drug-likeness (QED) is 0.767. The molecule has 1 aromatic carbocycles. The Balaban J connectivity index is 1.61. The van der Waals surface area contributed by atoms with Crippen LogP contribution in [-0.2, 0) is 13.6 Å². The summed E-state index contributed by atoms with van der Waals surface area (Å²) in [5.41, 5.74) is 6.02. The molecule has 3 rings (SSSR count). The van der Waals surface area contributed by atoms with Crippen LogP contribution in [0.4, 0.5) is 10.5 Å². The van der Waals surface area contributed by atoms with E-state index in [4.69, 9.17) is 0 Å². The van der Waals surface area contributed by atoms with Crippen molar-refractivity contribution >= 4 is 11.7 Å². The molecule has 0 aliphatic carbocycles. The highest BCUT2D eigenvalue weighted by Crippen LogP contribution is 2.18. The average Bonchev–Trinajstić information content (AvgIpc) is 3.03. The molecule has 128 valence electrons. The standard InChI is InChI=1S/C19H21N5O/c1-13-4-5-18(6-14(13)2)23-19(25)21-9-15-7-16(10-20-8-15)17-11-22-24(3)12-17/h4-8,10-12H,9H2,1-3H3,(H2,21,23,25). The summed E-state index contributed by atoms with van der Waals surface area (Å²) in [4.78, 5) is 16.3. The van der Waals surface area contributed by atoms with Crippen molar-refractivity contribution in [2.75, 3.05) is 5.32 Å². The molecule has 6 nitrogen and oxygen atoms in total. The van der Waals surface area contributed by atoms with Gasteiger partial charge in [0.05, 0.1) is 6.20 Å². The van der Waals surface area contributed by atoms with Crippen LogP contribution in [-0.4, -0.2) is 20.8 Å². The maximum absolute atomic E-state index is 12.1. The molecule has 0 unspecified atom stereocenters. The number of pyridine rings is 1. The van der Waals surface area contributed by atoms with E-state index >= 15 is 0 Å². The van der Waals surface area contributed by atoms with Gasteiger partial charge in [0.1, 0.15) is 0 Å². The number of rotatable bonds is 4. The third-order valence-electron chi connectivity index (χ3n) is 4.05. The number of anilines is 1. The number of carbonyl (C=O) groups is 1. The van der Waals surface area contributed by atoms with Crippen LogP contribution >= 0.6 is 0 Å². The highest BCUT2D eigenvalue weighted by Gasteiger charge is 2.05. The van der Waals surface area contributed by atoms with Crippen molar-refractivity contribution in [3.05, 3.63) is 65.7 Å². The van der Waals surface area contributed by atoms with E-state index < -0.39 is 0 Å². The zero-order valence-corrected chi connectivity index (χ0v) is 14.6. The average molecular weight is 335 g/mol. The topological polar surface area (TPSA) is 71.8 Å². The Labute approximate surface area is 146 Å². The number of benzene rings is 1. The number of nitrogens with one attached hydrogen (secondary N) is 2. The van der Waals surface area contributed by atoms with Gasteiger partial charge in [0.15, 0.2) is 0 Å². The molecule has 0 bridgehead atoms. The number of hydrogen-bond acceptors (Lipinski definition) is 3. The van der Waals surface area contributed by atoms with Gasteiger partial charge in [-0.3, -0.25) is 9.67 Å². The first kappa shape index (κ1) is 16.7. The van der Waals surface area contributed by atoms with Gasteiger partial charge in [-0.05, 0) is 48.7 Å². The van der Waals surface area contributed by atoms with E-state index in [-0.39, 0.29) is 6.03 Å². The lowest BCUT2D eigenvalue weighted by Gasteiger charge is -2.09. The van der Waals surface area contributed by atoms with E-state index in [9.17, 15) is 4.79 Å². The van der Waals surface area contributed by atoms with Gasteiger partial charge in [0.2, 0.25) is 0 Å². The maximum Gasteiger partial charge on any atom is 0.319 e. The van der Waals surface area contributed by atoms with Gasteiger partial charge in [-0.2, -0.15) is 5.10 Å². The Bertz CT molecular complexity index is 900. The molecule has 0 saturated heterocycles. The predicted molar refractivity (Wildman–Crippen MR) is 98.2 cm³/mol. The van der Waals surface area contributed by atoms with E-state index in [0.29, 0.717) is 6.54 Å². The van der Waals surface area contributed by atoms with Crippen molar-refractivity contribution in [2.45, 2.75) is 20.4 Å². The SMILES string of the molecule is Cc1ccc(NC(=O)NCc2cncc(-c3cnn(C)c3)c2)cc1C. The molecule has 0 spiro atoms. The normalized spacial score (nSPS) is 10.5. The number of carbonyl (C=O) groups excluding carboxylic acids is 1. The second-order valence-corrected chi connectivity index (χ2v) is 6.09. The van der Waals surface area contributed by atoms with Crippen molar-refractivity contribution in [1.29, 1.82) is 0 Å². The Morgan fingerprint density at radius 2 is 1.92 bits per heavy atom. The second-order valence-electron chi connectivity index (χ2n) is 6.09. The molecule has 6 heteroatoms. The van der Waals surface area contributed by atoms with Crippen LogP contribution in [0, 0.1) is 13.8 Å². The molecule has 2 amide bonds. The van der Waals surface area contributed by atoms with Crippen LogP contribution in [0.2, 0.25) is 0 Å². The van der Waals surface area contributed by atoms with Gasteiger partial charge in [0.25, 0.3) is 0 Å². The summed E-state index contributed by atoms with van der Waals surface area (Å²) in [5.74, 6) is 0. The molecule has 2 N–H and O–H groups in total. The molecular formula is C19H21N5O. The Hall–Kier alpha value is -3.15. The number of urea groups is 1. The lowest BCUT2D eigenvalue weighted by molar-refractivity contribution is 0.251. The van der Waals surface area contributed by atoms with Crippen molar-refractivity contribution in [3.8, 4) is 11.1 Å². The van der Waals surface area contributed by atoms with Gasteiger partial charge in [0, 0.05) is 49.0 Å². The smallest absolute Gasteiger partial charge is 0.319 e. The minimum absolute atomic E-state index is 0.241. The highest BCUT2D eigenvalue weighted by atomic mass is 16.2. The van der Waals surface area contributed by atoms with Crippen molar-refractivity contribution in [2.24, 2.45) is 7.05 Å². The zero-order valence-electron chi connectivity index (χ0n) is 14.6. The first-order chi connectivity index (χ1) is 12.0. The molecule has 0 fully saturated rings. The van der Waals surface area contributed by atoms with Crippen molar-refractivity contribution in [1.82, 2.24) is 20.1 Å². The van der Waals surface area contributed by atoms with E-state index in [1.165, 1.54) is 5.56 Å². The molecule has 0 atom stereocenters. The molecular weight excluding hydrogens is 314 g/mol. The van der Waals surface area contributed by atoms with E-state index in [1.807, 2.05) is 51.4 Å². The Morgan fingerprint density at radius 1 is 1.08 bits per heavy atom. The van der Waals surface area contributed by atoms with Crippen LogP contribution in [0.15, 0.2) is 49.1 Å². The number of nitrogens with zero attached hydrogens (tertiary/aromatic N) is 3. The highest BCUT2D eigenvalue weighted by molar-refractivity contribution is 5.89. The fourth-order valence-corrected chi connectivity index (χ4v) is 2.49. The van der Waals surface area contributed by atoms with Crippen LogP contribution in [0.3, 0.4) is 0 Å². The third kappa shape index (κ3) is 4.23. The van der Waals surface area contributed by atoms with Gasteiger partial charge in [-0.15, -0.1) is 0 Å². The van der Waals surface area contributed by atoms with Crippen LogP contribution in [0.25, 0.3) is 11.1 Å². The number of aromatic nitrogens is 3.